The molecule has 1 aliphatic rings. The third kappa shape index (κ3) is 5.62. The number of morpholine rings is 1. The lowest BCUT2D eigenvalue weighted by atomic mass is 10.1. The van der Waals surface area contributed by atoms with Gasteiger partial charge in [-0.2, -0.15) is 0 Å². The van der Waals surface area contributed by atoms with Gasteiger partial charge in [0.2, 0.25) is 0 Å². The first-order valence-electron chi connectivity index (χ1n) is 10.9. The Hall–Kier alpha value is -2.91. The molecule has 0 saturated carbocycles. The second kappa shape index (κ2) is 10.4. The molecule has 9 nitrogen and oxygen atoms in total. The van der Waals surface area contributed by atoms with Gasteiger partial charge in [-0.05, 0) is 25.0 Å². The van der Waals surface area contributed by atoms with Crippen molar-refractivity contribution in [3.05, 3.63) is 47.7 Å². The van der Waals surface area contributed by atoms with Crippen molar-refractivity contribution in [2.24, 2.45) is 12.0 Å². The number of aryl methyl sites for hydroxylation is 1. The van der Waals surface area contributed by atoms with Gasteiger partial charge in [0.05, 0.1) is 13.2 Å². The zero-order chi connectivity index (χ0) is 21.5. The van der Waals surface area contributed by atoms with Crippen LogP contribution in [0.3, 0.4) is 0 Å². The van der Waals surface area contributed by atoms with Crippen LogP contribution < -0.4 is 10.6 Å². The highest BCUT2D eigenvalue weighted by Crippen LogP contribution is 2.17. The second-order valence-electron chi connectivity index (χ2n) is 7.80. The van der Waals surface area contributed by atoms with Crippen LogP contribution in [0.25, 0.3) is 10.9 Å². The van der Waals surface area contributed by atoms with Crippen LogP contribution in [0.15, 0.2) is 35.5 Å². The molecule has 4 rings (SSSR count). The Morgan fingerprint density at radius 3 is 2.77 bits per heavy atom. The third-order valence-electron chi connectivity index (χ3n) is 5.75. The lowest BCUT2D eigenvalue weighted by Crippen LogP contribution is -2.44. The van der Waals surface area contributed by atoms with Crippen LogP contribution in [0.2, 0.25) is 0 Å². The van der Waals surface area contributed by atoms with Crippen molar-refractivity contribution < 1.29 is 4.74 Å². The first-order chi connectivity index (χ1) is 15.2. The summed E-state index contributed by atoms with van der Waals surface area (Å²) in [5.74, 6) is 2.54. The average molecular weight is 425 g/mol. The van der Waals surface area contributed by atoms with Gasteiger partial charge in [0.1, 0.15) is 12.4 Å². The molecular weight excluding hydrogens is 392 g/mol. The van der Waals surface area contributed by atoms with Crippen molar-refractivity contribution in [2.45, 2.75) is 19.9 Å². The first kappa shape index (κ1) is 21.3. The van der Waals surface area contributed by atoms with Crippen LogP contribution in [0, 0.1) is 6.92 Å². The second-order valence-corrected chi connectivity index (χ2v) is 7.80. The number of rotatable bonds is 8. The van der Waals surface area contributed by atoms with E-state index in [1.54, 1.807) is 0 Å². The van der Waals surface area contributed by atoms with Crippen LogP contribution in [0.1, 0.15) is 17.2 Å². The van der Waals surface area contributed by atoms with E-state index < -0.39 is 0 Å². The number of para-hydroxylation sites is 1. The molecule has 3 aromatic rings. The van der Waals surface area contributed by atoms with Crippen LogP contribution in [-0.2, 0) is 24.8 Å². The minimum absolute atomic E-state index is 0.483. The summed E-state index contributed by atoms with van der Waals surface area (Å²) in [5, 5.41) is 16.6. The van der Waals surface area contributed by atoms with Gasteiger partial charge in [0.15, 0.2) is 11.8 Å². The molecule has 166 valence electrons. The average Bonchev–Trinajstić information content (AvgIpc) is 3.36. The molecule has 2 aromatic heterocycles. The number of nitrogens with one attached hydrogen (secondary N) is 3. The highest BCUT2D eigenvalue weighted by Gasteiger charge is 2.11. The van der Waals surface area contributed by atoms with Gasteiger partial charge in [0, 0.05) is 56.9 Å². The number of H-pyrrole nitrogens is 1. The molecule has 3 heterocycles. The number of hydrogen-bond acceptors (Lipinski definition) is 5. The topological polar surface area (TPSA) is 95.4 Å². The van der Waals surface area contributed by atoms with E-state index in [1.165, 1.54) is 16.5 Å². The van der Waals surface area contributed by atoms with E-state index in [-0.39, 0.29) is 0 Å². The van der Waals surface area contributed by atoms with Crippen molar-refractivity contribution in [3.8, 4) is 0 Å². The molecule has 31 heavy (non-hydrogen) atoms. The Kier molecular flexibility index (Phi) is 7.16. The lowest BCUT2D eigenvalue weighted by Gasteiger charge is -2.26. The van der Waals surface area contributed by atoms with Crippen LogP contribution in [0.5, 0.6) is 0 Å². The van der Waals surface area contributed by atoms with Gasteiger partial charge >= 0.3 is 0 Å². The Bertz CT molecular complexity index is 1000. The molecule has 1 saturated heterocycles. The molecule has 0 spiro atoms. The molecule has 0 atom stereocenters. The normalized spacial score (nSPS) is 15.5. The van der Waals surface area contributed by atoms with Gasteiger partial charge in [-0.15, -0.1) is 10.2 Å². The summed E-state index contributed by atoms with van der Waals surface area (Å²) in [6.45, 7) is 8.62. The molecule has 0 aliphatic carbocycles. The summed E-state index contributed by atoms with van der Waals surface area (Å²) in [5.41, 5.74) is 2.48. The largest absolute Gasteiger partial charge is 0.379 e. The molecule has 0 radical (unpaired) electrons. The van der Waals surface area contributed by atoms with E-state index in [0.717, 1.165) is 70.0 Å². The summed E-state index contributed by atoms with van der Waals surface area (Å²) in [6, 6.07) is 8.40. The highest BCUT2D eigenvalue weighted by atomic mass is 16.5. The van der Waals surface area contributed by atoms with Crippen molar-refractivity contribution >= 4 is 16.9 Å². The van der Waals surface area contributed by atoms with Gasteiger partial charge in [-0.3, -0.25) is 4.90 Å². The summed E-state index contributed by atoms with van der Waals surface area (Å²) >= 11 is 0. The predicted octanol–water partition coefficient (Wildman–Crippen LogP) is 1.21. The molecule has 9 heteroatoms. The highest BCUT2D eigenvalue weighted by molar-refractivity contribution is 5.83. The predicted molar refractivity (Wildman–Crippen MR) is 122 cm³/mol. The third-order valence-corrected chi connectivity index (χ3v) is 5.75. The quantitative estimate of drug-likeness (QED) is 0.372. The monoisotopic (exact) mass is 424 g/mol. The zero-order valence-electron chi connectivity index (χ0n) is 18.4. The van der Waals surface area contributed by atoms with Crippen molar-refractivity contribution in [3.63, 3.8) is 0 Å². The maximum absolute atomic E-state index is 5.43. The first-order valence-corrected chi connectivity index (χ1v) is 10.9. The van der Waals surface area contributed by atoms with Gasteiger partial charge in [0.25, 0.3) is 0 Å². The van der Waals surface area contributed by atoms with E-state index in [9.17, 15) is 0 Å². The maximum atomic E-state index is 5.43. The van der Waals surface area contributed by atoms with E-state index in [0.29, 0.717) is 6.54 Å². The van der Waals surface area contributed by atoms with Crippen LogP contribution in [0.4, 0.5) is 0 Å². The van der Waals surface area contributed by atoms with Gasteiger partial charge in [-0.1, -0.05) is 18.2 Å². The molecular formula is C22H32N8O. The van der Waals surface area contributed by atoms with Crippen molar-refractivity contribution in [2.75, 3.05) is 45.9 Å². The summed E-state index contributed by atoms with van der Waals surface area (Å²) in [4.78, 5) is 10.5. The van der Waals surface area contributed by atoms with E-state index in [2.05, 4.69) is 61.2 Å². The number of ether oxygens (including phenoxy) is 1. The number of benzene rings is 1. The standard InChI is InChI=1S/C22H32N8O/c1-17-27-28-21(29(17)2)16-26-22(24-9-10-30-11-13-31-14-12-30)23-8-7-18-15-25-20-6-4-3-5-19(18)20/h3-6,15,25H,7-14,16H2,1-2H3,(H2,23,24,26). The lowest BCUT2D eigenvalue weighted by molar-refractivity contribution is 0.0389. The zero-order valence-corrected chi connectivity index (χ0v) is 18.4. The van der Waals surface area contributed by atoms with Gasteiger partial charge < -0.3 is 24.9 Å². The SMILES string of the molecule is Cc1nnc(CN=C(NCCc2c[nH]c3ccccc23)NCCN2CCOCC2)n1C. The molecule has 3 N–H and O–H groups in total. The summed E-state index contributed by atoms with van der Waals surface area (Å²) in [6.07, 6.45) is 3.01. The Labute approximate surface area is 182 Å². The maximum Gasteiger partial charge on any atom is 0.191 e. The number of guanidine groups is 1. The minimum atomic E-state index is 0.483. The summed E-state index contributed by atoms with van der Waals surface area (Å²) in [7, 11) is 1.97. The number of aromatic nitrogens is 4. The number of hydrogen-bond donors (Lipinski definition) is 3. The fourth-order valence-electron chi connectivity index (χ4n) is 3.72. The molecule has 1 aliphatic heterocycles. The fraction of sp³-hybridized carbons (Fsp3) is 0.500. The minimum Gasteiger partial charge on any atom is -0.379 e. The number of aliphatic imine (C=N–C) groups is 1. The molecule has 0 unspecified atom stereocenters. The van der Waals surface area contributed by atoms with E-state index in [1.807, 2.05) is 18.5 Å². The summed E-state index contributed by atoms with van der Waals surface area (Å²) < 4.78 is 7.40. The molecule has 1 aromatic carbocycles. The van der Waals surface area contributed by atoms with Crippen molar-refractivity contribution in [1.82, 2.24) is 35.3 Å². The smallest absolute Gasteiger partial charge is 0.191 e. The Morgan fingerprint density at radius 2 is 1.97 bits per heavy atom. The van der Waals surface area contributed by atoms with Crippen molar-refractivity contribution in [1.29, 1.82) is 0 Å². The van der Waals surface area contributed by atoms with E-state index in [4.69, 9.17) is 9.73 Å². The van der Waals surface area contributed by atoms with Crippen LogP contribution >= 0.6 is 0 Å². The number of aromatic amines is 1. The Balaban J connectivity index is 1.34. The fourth-order valence-corrected chi connectivity index (χ4v) is 3.72. The van der Waals surface area contributed by atoms with Gasteiger partial charge in [-0.25, -0.2) is 4.99 Å². The number of fused-ring (bicyclic) bond motifs is 1. The number of nitrogens with zero attached hydrogens (tertiary/aromatic N) is 5. The molecule has 0 amide bonds. The molecule has 1 fully saturated rings. The van der Waals surface area contributed by atoms with E-state index >= 15 is 0 Å². The molecule has 0 bridgehead atoms. The Morgan fingerprint density at radius 1 is 1.16 bits per heavy atom. The van der Waals surface area contributed by atoms with Crippen LogP contribution in [-0.4, -0.2) is 76.5 Å².